The van der Waals surface area contributed by atoms with Gasteiger partial charge in [0, 0.05) is 31.5 Å². The Labute approximate surface area is 149 Å². The van der Waals surface area contributed by atoms with Gasteiger partial charge in [-0.15, -0.1) is 0 Å². The van der Waals surface area contributed by atoms with Crippen LogP contribution < -0.4 is 0 Å². The molecule has 2 rings (SSSR count). The zero-order chi connectivity index (χ0) is 18.2. The van der Waals surface area contributed by atoms with Crippen LogP contribution in [0.2, 0.25) is 0 Å². The highest BCUT2D eigenvalue weighted by molar-refractivity contribution is 5.98. The van der Waals surface area contributed by atoms with Crippen LogP contribution in [0.1, 0.15) is 55.5 Å². The van der Waals surface area contributed by atoms with Gasteiger partial charge in [-0.25, -0.2) is 0 Å². The summed E-state index contributed by atoms with van der Waals surface area (Å²) < 4.78 is 5.03. The summed E-state index contributed by atoms with van der Waals surface area (Å²) in [4.78, 5) is 38.0. The summed E-state index contributed by atoms with van der Waals surface area (Å²) in [5.41, 5.74) is 1.85. The molecule has 136 valence electrons. The van der Waals surface area contributed by atoms with E-state index in [2.05, 4.69) is 6.92 Å². The van der Waals surface area contributed by atoms with Gasteiger partial charge in [0.25, 0.3) is 0 Å². The minimum Gasteiger partial charge on any atom is -0.466 e. The molecule has 0 unspecified atom stereocenters. The lowest BCUT2D eigenvalue weighted by Crippen LogP contribution is -2.40. The van der Waals surface area contributed by atoms with E-state index in [4.69, 9.17) is 4.74 Å². The van der Waals surface area contributed by atoms with Gasteiger partial charge in [0.05, 0.1) is 12.5 Å². The number of carbonyl (C=O) groups is 3. The summed E-state index contributed by atoms with van der Waals surface area (Å²) in [5, 5.41) is 0. The molecule has 1 aromatic rings. The SMILES string of the molecule is CCOC(=O)C1CCN(C(=O)CCC(=O)c2ccc(CC)cc2)CC1. The molecule has 1 fully saturated rings. The molecule has 0 spiro atoms. The Bertz CT molecular complexity index is 601. The van der Waals surface area contributed by atoms with E-state index in [1.54, 1.807) is 11.8 Å². The maximum absolute atomic E-state index is 12.3. The minimum absolute atomic E-state index is 0.00240. The molecule has 5 nitrogen and oxygen atoms in total. The number of hydrogen-bond donors (Lipinski definition) is 0. The zero-order valence-corrected chi connectivity index (χ0v) is 15.1. The van der Waals surface area contributed by atoms with Crippen molar-refractivity contribution >= 4 is 17.7 Å². The van der Waals surface area contributed by atoms with E-state index in [1.807, 2.05) is 24.3 Å². The summed E-state index contributed by atoms with van der Waals surface area (Å²) >= 11 is 0. The van der Waals surface area contributed by atoms with Crippen molar-refractivity contribution < 1.29 is 19.1 Å². The van der Waals surface area contributed by atoms with Crippen LogP contribution in [0.15, 0.2) is 24.3 Å². The van der Waals surface area contributed by atoms with Crippen LogP contribution in [0.5, 0.6) is 0 Å². The van der Waals surface area contributed by atoms with Gasteiger partial charge in [-0.1, -0.05) is 31.2 Å². The van der Waals surface area contributed by atoms with Crippen LogP contribution in [-0.4, -0.2) is 42.3 Å². The molecule has 1 aliphatic heterocycles. The van der Waals surface area contributed by atoms with E-state index in [9.17, 15) is 14.4 Å². The fourth-order valence-electron chi connectivity index (χ4n) is 3.07. The molecule has 0 aliphatic carbocycles. The zero-order valence-electron chi connectivity index (χ0n) is 15.1. The number of Topliss-reactive ketones (excluding diaryl/α,β-unsaturated/α-hetero) is 1. The first-order chi connectivity index (χ1) is 12.0. The molecule has 0 aromatic heterocycles. The molecular weight excluding hydrogens is 318 g/mol. The van der Waals surface area contributed by atoms with Crippen molar-refractivity contribution in [2.24, 2.45) is 5.92 Å². The normalized spacial score (nSPS) is 15.0. The van der Waals surface area contributed by atoms with Crippen molar-refractivity contribution in [3.8, 4) is 0 Å². The number of ketones is 1. The molecule has 1 amide bonds. The van der Waals surface area contributed by atoms with E-state index in [0.717, 1.165) is 6.42 Å². The number of esters is 1. The summed E-state index contributed by atoms with van der Waals surface area (Å²) in [5.74, 6) is -0.290. The Morgan fingerprint density at radius 3 is 2.24 bits per heavy atom. The predicted molar refractivity (Wildman–Crippen MR) is 95.3 cm³/mol. The quantitative estimate of drug-likeness (QED) is 0.563. The van der Waals surface area contributed by atoms with Gasteiger partial charge in [-0.3, -0.25) is 14.4 Å². The monoisotopic (exact) mass is 345 g/mol. The number of hydrogen-bond acceptors (Lipinski definition) is 4. The van der Waals surface area contributed by atoms with Crippen LogP contribution in [0.3, 0.4) is 0 Å². The summed E-state index contributed by atoms with van der Waals surface area (Å²) in [6.45, 7) is 5.37. The van der Waals surface area contributed by atoms with Crippen molar-refractivity contribution in [2.45, 2.75) is 46.0 Å². The largest absolute Gasteiger partial charge is 0.466 e. The Morgan fingerprint density at radius 2 is 1.68 bits per heavy atom. The molecule has 1 heterocycles. The molecule has 1 aromatic carbocycles. The van der Waals surface area contributed by atoms with Gasteiger partial charge in [-0.05, 0) is 31.7 Å². The van der Waals surface area contributed by atoms with Gasteiger partial charge in [-0.2, -0.15) is 0 Å². The van der Waals surface area contributed by atoms with Crippen molar-refractivity contribution in [3.63, 3.8) is 0 Å². The van der Waals surface area contributed by atoms with E-state index < -0.39 is 0 Å². The third kappa shape index (κ3) is 5.41. The van der Waals surface area contributed by atoms with E-state index in [1.165, 1.54) is 5.56 Å². The third-order valence-electron chi connectivity index (χ3n) is 4.72. The van der Waals surface area contributed by atoms with Gasteiger partial charge < -0.3 is 9.64 Å². The van der Waals surface area contributed by atoms with E-state index in [0.29, 0.717) is 38.1 Å². The Hall–Kier alpha value is -2.17. The highest BCUT2D eigenvalue weighted by Gasteiger charge is 2.28. The van der Waals surface area contributed by atoms with Crippen LogP contribution >= 0.6 is 0 Å². The van der Waals surface area contributed by atoms with Crippen LogP contribution in [-0.2, 0) is 20.7 Å². The smallest absolute Gasteiger partial charge is 0.309 e. The number of likely N-dealkylation sites (tertiary alicyclic amines) is 1. The first-order valence-corrected chi connectivity index (χ1v) is 9.11. The predicted octanol–water partition coefficient (Wildman–Crippen LogP) is 3.01. The molecule has 1 aliphatic rings. The lowest BCUT2D eigenvalue weighted by atomic mass is 9.96. The first-order valence-electron chi connectivity index (χ1n) is 9.11. The fraction of sp³-hybridized carbons (Fsp3) is 0.550. The Kier molecular flexibility index (Phi) is 7.16. The Balaban J connectivity index is 1.77. The number of carbonyl (C=O) groups excluding carboxylic acids is 3. The number of rotatable bonds is 7. The minimum atomic E-state index is -0.166. The van der Waals surface area contributed by atoms with Crippen molar-refractivity contribution in [3.05, 3.63) is 35.4 Å². The van der Waals surface area contributed by atoms with Crippen LogP contribution in [0.4, 0.5) is 0 Å². The molecule has 0 atom stereocenters. The molecule has 0 bridgehead atoms. The van der Waals surface area contributed by atoms with Crippen LogP contribution in [0.25, 0.3) is 0 Å². The van der Waals surface area contributed by atoms with E-state index in [-0.39, 0.29) is 36.4 Å². The second kappa shape index (κ2) is 9.35. The standard InChI is InChI=1S/C20H27NO4/c1-3-15-5-7-16(8-6-15)18(22)9-10-19(23)21-13-11-17(12-14-21)20(24)25-4-2/h5-8,17H,3-4,9-14H2,1-2H3. The highest BCUT2D eigenvalue weighted by atomic mass is 16.5. The Morgan fingerprint density at radius 1 is 1.04 bits per heavy atom. The summed E-state index contributed by atoms with van der Waals surface area (Å²) in [7, 11) is 0. The maximum atomic E-state index is 12.3. The lowest BCUT2D eigenvalue weighted by molar-refractivity contribution is -0.151. The topological polar surface area (TPSA) is 63.7 Å². The molecular formula is C20H27NO4. The van der Waals surface area contributed by atoms with Crippen molar-refractivity contribution in [2.75, 3.05) is 19.7 Å². The number of ether oxygens (including phenoxy) is 1. The second-order valence-electron chi connectivity index (χ2n) is 6.38. The third-order valence-corrected chi connectivity index (χ3v) is 4.72. The van der Waals surface area contributed by atoms with Gasteiger partial charge in [0.15, 0.2) is 5.78 Å². The van der Waals surface area contributed by atoms with Gasteiger partial charge in [0.1, 0.15) is 0 Å². The molecule has 1 saturated heterocycles. The number of benzene rings is 1. The highest BCUT2D eigenvalue weighted by Crippen LogP contribution is 2.20. The summed E-state index contributed by atoms with van der Waals surface area (Å²) in [6.07, 6.45) is 2.66. The van der Waals surface area contributed by atoms with E-state index >= 15 is 0 Å². The van der Waals surface area contributed by atoms with Crippen molar-refractivity contribution in [1.82, 2.24) is 4.90 Å². The molecule has 25 heavy (non-hydrogen) atoms. The van der Waals surface area contributed by atoms with Crippen molar-refractivity contribution in [1.29, 1.82) is 0 Å². The molecule has 5 heteroatoms. The second-order valence-corrected chi connectivity index (χ2v) is 6.38. The number of amides is 1. The summed E-state index contributed by atoms with van der Waals surface area (Å²) in [6, 6.07) is 7.57. The van der Waals surface area contributed by atoms with Gasteiger partial charge in [0.2, 0.25) is 5.91 Å². The first kappa shape index (κ1) is 19.2. The van der Waals surface area contributed by atoms with Crippen LogP contribution in [0, 0.1) is 5.92 Å². The molecule has 0 saturated carbocycles. The van der Waals surface area contributed by atoms with Gasteiger partial charge >= 0.3 is 5.97 Å². The maximum Gasteiger partial charge on any atom is 0.309 e. The molecule has 0 radical (unpaired) electrons. The lowest BCUT2D eigenvalue weighted by Gasteiger charge is -2.30. The average Bonchev–Trinajstić information content (AvgIpc) is 2.66. The average molecular weight is 345 g/mol. The number of piperidine rings is 1. The fourth-order valence-corrected chi connectivity index (χ4v) is 3.07. The molecule has 0 N–H and O–H groups in total. The number of aryl methyl sites for hydroxylation is 1. The number of nitrogens with zero attached hydrogens (tertiary/aromatic N) is 1.